The van der Waals surface area contributed by atoms with Crippen molar-refractivity contribution >= 4 is 11.9 Å². The van der Waals surface area contributed by atoms with Crippen LogP contribution in [0.2, 0.25) is 0 Å². The van der Waals surface area contributed by atoms with Crippen molar-refractivity contribution in [3.05, 3.63) is 119 Å². The highest BCUT2D eigenvalue weighted by atomic mass is 16.5. The zero-order valence-corrected chi connectivity index (χ0v) is 23.9. The van der Waals surface area contributed by atoms with Gasteiger partial charge in [-0.1, -0.05) is 72.3 Å². The number of ether oxygens (including phenoxy) is 2. The molecule has 212 valence electrons. The first-order valence-electron chi connectivity index (χ1n) is 13.9. The highest BCUT2D eigenvalue weighted by Crippen LogP contribution is 2.35. The van der Waals surface area contributed by atoms with Crippen LogP contribution in [0.15, 0.2) is 91.0 Å². The minimum Gasteiger partial charge on any atom is -0.497 e. The molecule has 4 rings (SSSR count). The van der Waals surface area contributed by atoms with Crippen molar-refractivity contribution in [3.8, 4) is 22.6 Å². The van der Waals surface area contributed by atoms with Crippen LogP contribution >= 0.6 is 0 Å². The number of carbonyl (C=O) groups excluding carboxylic acids is 1. The van der Waals surface area contributed by atoms with E-state index in [1.165, 1.54) is 4.90 Å². The van der Waals surface area contributed by atoms with E-state index in [0.717, 1.165) is 39.8 Å². The Balaban J connectivity index is 1.70. The maximum Gasteiger partial charge on any atom is 0.323 e. The van der Waals surface area contributed by atoms with Crippen LogP contribution in [0.3, 0.4) is 0 Å². The van der Waals surface area contributed by atoms with Gasteiger partial charge in [0, 0.05) is 23.7 Å². The molecule has 0 aromatic heterocycles. The fourth-order valence-corrected chi connectivity index (χ4v) is 4.96. The summed E-state index contributed by atoms with van der Waals surface area (Å²) in [5.41, 5.74) is 6.55. The summed E-state index contributed by atoms with van der Waals surface area (Å²) in [5.74, 6) is 0.0795. The van der Waals surface area contributed by atoms with Gasteiger partial charge in [0.25, 0.3) is 5.91 Å². The van der Waals surface area contributed by atoms with Gasteiger partial charge in [-0.2, -0.15) is 0 Å². The third-order valence-corrected chi connectivity index (χ3v) is 7.03. The second kappa shape index (κ2) is 14.2. The van der Waals surface area contributed by atoms with Crippen LogP contribution in [0, 0.1) is 6.92 Å². The Morgan fingerprint density at radius 1 is 0.829 bits per heavy atom. The van der Waals surface area contributed by atoms with E-state index >= 15 is 0 Å². The molecule has 0 saturated heterocycles. The molecule has 0 saturated carbocycles. The van der Waals surface area contributed by atoms with Crippen LogP contribution in [0.5, 0.6) is 11.5 Å². The van der Waals surface area contributed by atoms with Gasteiger partial charge >= 0.3 is 5.97 Å². The summed E-state index contributed by atoms with van der Waals surface area (Å²) < 4.78 is 11.3. The van der Waals surface area contributed by atoms with Crippen molar-refractivity contribution in [3.63, 3.8) is 0 Å². The van der Waals surface area contributed by atoms with Crippen molar-refractivity contribution in [2.45, 2.75) is 33.1 Å². The summed E-state index contributed by atoms with van der Waals surface area (Å²) in [5, 5.41) is 9.64. The van der Waals surface area contributed by atoms with Gasteiger partial charge in [-0.3, -0.25) is 9.59 Å². The predicted octanol–water partition coefficient (Wildman–Crippen LogP) is 6.62. The van der Waals surface area contributed by atoms with E-state index in [-0.39, 0.29) is 12.5 Å². The highest BCUT2D eigenvalue weighted by molar-refractivity contribution is 5.98. The minimum atomic E-state index is -1.04. The van der Waals surface area contributed by atoms with Gasteiger partial charge in [0.1, 0.15) is 18.0 Å². The zero-order valence-electron chi connectivity index (χ0n) is 23.9. The number of carboxylic acid groups (broad SMARTS) is 1. The molecule has 1 N–H and O–H groups in total. The van der Waals surface area contributed by atoms with E-state index in [1.54, 1.807) is 7.11 Å². The van der Waals surface area contributed by atoms with Crippen molar-refractivity contribution in [1.29, 1.82) is 0 Å². The molecular weight excluding hydrogens is 514 g/mol. The number of aliphatic carboxylic acids is 1. The van der Waals surface area contributed by atoms with E-state index in [2.05, 4.69) is 18.2 Å². The zero-order chi connectivity index (χ0) is 29.2. The molecule has 0 atom stereocenters. The summed E-state index contributed by atoms with van der Waals surface area (Å²) in [4.78, 5) is 27.1. The third kappa shape index (κ3) is 7.98. The standard InChI is InChI=1S/C35H37NO5/c1-4-41-33-23-30(40-3)16-18-31(33)28-15-17-32(29(22-28)14-13-26-10-6-5-7-11-26)35(39)36(24-34(37)38)20-19-27-12-8-9-25(2)21-27/h5-12,15-18,21-23H,4,13-14,19-20,24H2,1-3H3,(H,37,38). The Morgan fingerprint density at radius 3 is 2.32 bits per heavy atom. The van der Waals surface area contributed by atoms with Gasteiger partial charge in [-0.25, -0.2) is 0 Å². The van der Waals surface area contributed by atoms with E-state index in [4.69, 9.17) is 9.47 Å². The number of carboxylic acids is 1. The Morgan fingerprint density at radius 2 is 1.61 bits per heavy atom. The third-order valence-electron chi connectivity index (χ3n) is 7.03. The van der Waals surface area contributed by atoms with Gasteiger partial charge in [0.15, 0.2) is 0 Å². The van der Waals surface area contributed by atoms with Crippen molar-refractivity contribution < 1.29 is 24.2 Å². The maximum atomic E-state index is 13.9. The summed E-state index contributed by atoms with van der Waals surface area (Å²) in [7, 11) is 1.62. The van der Waals surface area contributed by atoms with Crippen LogP contribution in [-0.2, 0) is 24.1 Å². The quantitative estimate of drug-likeness (QED) is 0.202. The molecule has 0 aliphatic carbocycles. The van der Waals surface area contributed by atoms with Crippen LogP contribution in [0.25, 0.3) is 11.1 Å². The average Bonchev–Trinajstić information content (AvgIpc) is 2.98. The normalized spacial score (nSPS) is 10.7. The van der Waals surface area contributed by atoms with Crippen LogP contribution in [-0.4, -0.2) is 48.7 Å². The molecule has 41 heavy (non-hydrogen) atoms. The molecule has 6 heteroatoms. The van der Waals surface area contributed by atoms with Crippen molar-refractivity contribution in [1.82, 2.24) is 4.90 Å². The number of rotatable bonds is 13. The van der Waals surface area contributed by atoms with Crippen LogP contribution < -0.4 is 9.47 Å². The fourth-order valence-electron chi connectivity index (χ4n) is 4.96. The van der Waals surface area contributed by atoms with Gasteiger partial charge in [0.2, 0.25) is 0 Å². The lowest BCUT2D eigenvalue weighted by atomic mass is 9.93. The molecule has 0 spiro atoms. The van der Waals surface area contributed by atoms with E-state index in [1.807, 2.05) is 86.6 Å². The minimum absolute atomic E-state index is 0.283. The van der Waals surface area contributed by atoms with Crippen LogP contribution in [0.4, 0.5) is 0 Å². The monoisotopic (exact) mass is 551 g/mol. The topological polar surface area (TPSA) is 76.1 Å². The Labute approximate surface area is 242 Å². The van der Waals surface area contributed by atoms with Gasteiger partial charge in [0.05, 0.1) is 13.7 Å². The largest absolute Gasteiger partial charge is 0.497 e. The smallest absolute Gasteiger partial charge is 0.323 e. The summed E-state index contributed by atoms with van der Waals surface area (Å²) >= 11 is 0. The lowest BCUT2D eigenvalue weighted by Crippen LogP contribution is -2.37. The summed E-state index contributed by atoms with van der Waals surface area (Å²) in [6.45, 7) is 4.40. The average molecular weight is 552 g/mol. The summed E-state index contributed by atoms with van der Waals surface area (Å²) in [6, 6.07) is 29.7. The van der Waals surface area contributed by atoms with E-state index in [9.17, 15) is 14.7 Å². The lowest BCUT2D eigenvalue weighted by Gasteiger charge is -2.23. The molecule has 0 aliphatic rings. The molecule has 4 aromatic rings. The molecule has 1 amide bonds. The van der Waals surface area contributed by atoms with Gasteiger partial charge in [-0.15, -0.1) is 0 Å². The SMILES string of the molecule is CCOc1cc(OC)ccc1-c1ccc(C(=O)N(CCc2cccc(C)c2)CC(=O)O)c(CCc2ccccc2)c1. The fraction of sp³-hybridized carbons (Fsp3) is 0.257. The van der Waals surface area contributed by atoms with Crippen molar-refractivity contribution in [2.24, 2.45) is 0 Å². The lowest BCUT2D eigenvalue weighted by molar-refractivity contribution is -0.137. The highest BCUT2D eigenvalue weighted by Gasteiger charge is 2.22. The van der Waals surface area contributed by atoms with Gasteiger partial charge in [-0.05, 0) is 73.6 Å². The first-order valence-corrected chi connectivity index (χ1v) is 13.9. The Bertz CT molecular complexity index is 1480. The second-order valence-electron chi connectivity index (χ2n) is 10.0. The molecular formula is C35H37NO5. The van der Waals surface area contributed by atoms with Gasteiger partial charge < -0.3 is 19.5 Å². The molecule has 4 aromatic carbocycles. The second-order valence-corrected chi connectivity index (χ2v) is 10.0. The molecule has 6 nitrogen and oxygen atoms in total. The Kier molecular flexibility index (Phi) is 10.2. The molecule has 0 radical (unpaired) electrons. The Hall–Kier alpha value is -4.58. The summed E-state index contributed by atoms with van der Waals surface area (Å²) in [6.07, 6.45) is 1.94. The van der Waals surface area contributed by atoms with E-state index < -0.39 is 5.97 Å². The number of carbonyl (C=O) groups is 2. The number of methoxy groups -OCH3 is 1. The predicted molar refractivity (Wildman–Crippen MR) is 162 cm³/mol. The van der Waals surface area contributed by atoms with E-state index in [0.29, 0.717) is 43.1 Å². The molecule has 0 fully saturated rings. The number of aryl methyl sites for hydroxylation is 3. The number of hydrogen-bond donors (Lipinski definition) is 1. The molecule has 0 unspecified atom stereocenters. The molecule has 0 aliphatic heterocycles. The van der Waals surface area contributed by atoms with Crippen LogP contribution in [0.1, 0.15) is 39.5 Å². The van der Waals surface area contributed by atoms with Crippen molar-refractivity contribution in [2.75, 3.05) is 26.8 Å². The number of hydrogen-bond acceptors (Lipinski definition) is 4. The molecule has 0 heterocycles. The number of nitrogens with zero attached hydrogens (tertiary/aromatic N) is 1. The number of benzene rings is 4. The maximum absolute atomic E-state index is 13.9. The first-order chi connectivity index (χ1) is 19.9. The molecule has 0 bridgehead atoms. The first kappa shape index (κ1) is 29.4. The number of amides is 1.